The second-order valence-corrected chi connectivity index (χ2v) is 5.52. The van der Waals surface area contributed by atoms with Crippen molar-refractivity contribution >= 4 is 28.7 Å². The smallest absolute Gasteiger partial charge is 0.410 e. The summed E-state index contributed by atoms with van der Waals surface area (Å²) in [6, 6.07) is 8.00. The highest BCUT2D eigenvalue weighted by Crippen LogP contribution is 2.09. The molecule has 1 heterocycles. The minimum Gasteiger partial charge on any atom is -0.445 e. The molecule has 1 fully saturated rings. The second kappa shape index (κ2) is 6.94. The molecule has 0 bridgehead atoms. The maximum Gasteiger partial charge on any atom is 0.410 e. The normalized spacial score (nSPS) is 16.2. The largest absolute Gasteiger partial charge is 0.445 e. The van der Waals surface area contributed by atoms with Crippen LogP contribution in [-0.2, 0) is 11.3 Å². The molecule has 0 aromatic heterocycles. The monoisotopic (exact) mass is 360 g/mol. The lowest BCUT2D eigenvalue weighted by molar-refractivity contribution is 0.0984. The van der Waals surface area contributed by atoms with Gasteiger partial charge in [-0.3, -0.25) is 0 Å². The van der Waals surface area contributed by atoms with Crippen LogP contribution < -0.4 is 5.32 Å². The fourth-order valence-electron chi connectivity index (χ4n) is 1.85. The standard InChI is InChI=1S/C13H17IN2O2/c14-12-4-2-11(3-5-12)10-18-13(17)16-8-1-6-15-7-9-16/h2-5,15H,1,6-10H2. The zero-order chi connectivity index (χ0) is 12.8. The number of rotatable bonds is 2. The number of benzene rings is 1. The van der Waals surface area contributed by atoms with Gasteiger partial charge in [0.05, 0.1) is 0 Å². The van der Waals surface area contributed by atoms with Crippen molar-refractivity contribution in [2.45, 2.75) is 13.0 Å². The SMILES string of the molecule is O=C(OCc1ccc(I)cc1)N1CCCNCC1. The summed E-state index contributed by atoms with van der Waals surface area (Å²) in [6.45, 7) is 3.67. The van der Waals surface area contributed by atoms with Crippen LogP contribution >= 0.6 is 22.6 Å². The summed E-state index contributed by atoms with van der Waals surface area (Å²) in [5.74, 6) is 0. The van der Waals surface area contributed by atoms with Crippen LogP contribution in [0.3, 0.4) is 0 Å². The van der Waals surface area contributed by atoms with E-state index in [9.17, 15) is 4.79 Å². The number of hydrogen-bond donors (Lipinski definition) is 1. The number of nitrogens with zero attached hydrogens (tertiary/aromatic N) is 1. The molecule has 4 nitrogen and oxygen atoms in total. The van der Waals surface area contributed by atoms with E-state index in [-0.39, 0.29) is 6.09 Å². The van der Waals surface area contributed by atoms with Crippen molar-refractivity contribution in [1.82, 2.24) is 10.2 Å². The predicted octanol–water partition coefficient (Wildman–Crippen LogP) is 2.22. The Balaban J connectivity index is 1.81. The van der Waals surface area contributed by atoms with Crippen LogP contribution in [0.1, 0.15) is 12.0 Å². The van der Waals surface area contributed by atoms with Crippen molar-refractivity contribution in [3.8, 4) is 0 Å². The van der Waals surface area contributed by atoms with E-state index in [1.165, 1.54) is 3.57 Å². The number of carbonyl (C=O) groups excluding carboxylic acids is 1. The molecule has 0 spiro atoms. The minimum absolute atomic E-state index is 0.211. The van der Waals surface area contributed by atoms with Gasteiger partial charge in [-0.2, -0.15) is 0 Å². The summed E-state index contributed by atoms with van der Waals surface area (Å²) in [7, 11) is 0. The fraction of sp³-hybridized carbons (Fsp3) is 0.462. The fourth-order valence-corrected chi connectivity index (χ4v) is 2.20. The average Bonchev–Trinajstić information content (AvgIpc) is 2.66. The minimum atomic E-state index is -0.211. The zero-order valence-corrected chi connectivity index (χ0v) is 12.4. The van der Waals surface area contributed by atoms with Crippen LogP contribution in [0.15, 0.2) is 24.3 Å². The van der Waals surface area contributed by atoms with E-state index in [4.69, 9.17) is 4.74 Å². The van der Waals surface area contributed by atoms with Crippen LogP contribution in [0, 0.1) is 3.57 Å². The van der Waals surface area contributed by atoms with Gasteiger partial charge in [0, 0.05) is 23.2 Å². The molecular weight excluding hydrogens is 343 g/mol. The Bertz CT molecular complexity index is 386. The van der Waals surface area contributed by atoms with Gasteiger partial charge in [-0.25, -0.2) is 4.79 Å². The van der Waals surface area contributed by atoms with Crippen LogP contribution in [0.5, 0.6) is 0 Å². The van der Waals surface area contributed by atoms with E-state index in [1.807, 2.05) is 24.3 Å². The Hall–Kier alpha value is -0.820. The molecule has 1 aliphatic heterocycles. The van der Waals surface area contributed by atoms with E-state index in [0.717, 1.165) is 38.2 Å². The molecule has 0 atom stereocenters. The number of halogens is 1. The highest BCUT2D eigenvalue weighted by Gasteiger charge is 2.16. The molecule has 1 aromatic carbocycles. The highest BCUT2D eigenvalue weighted by atomic mass is 127. The summed E-state index contributed by atoms with van der Waals surface area (Å²) in [4.78, 5) is 13.6. The molecule has 2 rings (SSSR count). The van der Waals surface area contributed by atoms with Gasteiger partial charge >= 0.3 is 6.09 Å². The van der Waals surface area contributed by atoms with Gasteiger partial charge in [-0.05, 0) is 53.3 Å². The summed E-state index contributed by atoms with van der Waals surface area (Å²) in [5, 5.41) is 3.26. The summed E-state index contributed by atoms with van der Waals surface area (Å²) >= 11 is 2.25. The third-order valence-electron chi connectivity index (χ3n) is 2.87. The van der Waals surface area contributed by atoms with Gasteiger partial charge in [-0.15, -0.1) is 0 Å². The molecule has 0 radical (unpaired) electrons. The van der Waals surface area contributed by atoms with Crippen LogP contribution in [0.2, 0.25) is 0 Å². The van der Waals surface area contributed by atoms with Gasteiger partial charge < -0.3 is 15.0 Å². The number of amides is 1. The van der Waals surface area contributed by atoms with Crippen molar-refractivity contribution in [3.05, 3.63) is 33.4 Å². The van der Waals surface area contributed by atoms with Crippen molar-refractivity contribution in [1.29, 1.82) is 0 Å². The maximum atomic E-state index is 11.9. The van der Waals surface area contributed by atoms with Gasteiger partial charge in [0.1, 0.15) is 6.61 Å². The summed E-state index contributed by atoms with van der Waals surface area (Å²) in [6.07, 6.45) is 0.774. The van der Waals surface area contributed by atoms with Crippen molar-refractivity contribution < 1.29 is 9.53 Å². The lowest BCUT2D eigenvalue weighted by Crippen LogP contribution is -2.34. The third kappa shape index (κ3) is 4.13. The molecule has 1 amide bonds. The van der Waals surface area contributed by atoms with Crippen molar-refractivity contribution in [2.24, 2.45) is 0 Å². The topological polar surface area (TPSA) is 41.6 Å². The first-order valence-electron chi connectivity index (χ1n) is 6.12. The lowest BCUT2D eigenvalue weighted by atomic mass is 10.2. The summed E-state index contributed by atoms with van der Waals surface area (Å²) in [5.41, 5.74) is 1.02. The first-order chi connectivity index (χ1) is 8.75. The van der Waals surface area contributed by atoms with E-state index in [2.05, 4.69) is 27.9 Å². The Kier molecular flexibility index (Phi) is 5.25. The quantitative estimate of drug-likeness (QED) is 0.823. The molecule has 1 aromatic rings. The Morgan fingerprint density at radius 2 is 2.06 bits per heavy atom. The van der Waals surface area contributed by atoms with E-state index in [1.54, 1.807) is 4.90 Å². The van der Waals surface area contributed by atoms with E-state index in [0.29, 0.717) is 6.61 Å². The second-order valence-electron chi connectivity index (χ2n) is 4.27. The molecule has 5 heteroatoms. The Labute approximate surface area is 121 Å². The first kappa shape index (κ1) is 13.6. The van der Waals surface area contributed by atoms with E-state index < -0.39 is 0 Å². The molecule has 98 valence electrons. The van der Waals surface area contributed by atoms with Crippen LogP contribution in [0.25, 0.3) is 0 Å². The predicted molar refractivity (Wildman–Crippen MR) is 78.4 cm³/mol. The van der Waals surface area contributed by atoms with Crippen molar-refractivity contribution in [3.63, 3.8) is 0 Å². The Morgan fingerprint density at radius 1 is 1.28 bits per heavy atom. The molecular formula is C13H17IN2O2. The molecule has 0 saturated carbocycles. The average molecular weight is 360 g/mol. The zero-order valence-electron chi connectivity index (χ0n) is 10.2. The number of nitrogens with one attached hydrogen (secondary N) is 1. The molecule has 1 N–H and O–H groups in total. The first-order valence-corrected chi connectivity index (χ1v) is 7.20. The molecule has 0 aliphatic carbocycles. The lowest BCUT2D eigenvalue weighted by Gasteiger charge is -2.19. The molecule has 0 unspecified atom stereocenters. The third-order valence-corrected chi connectivity index (χ3v) is 3.59. The van der Waals surface area contributed by atoms with Gasteiger partial charge in [0.2, 0.25) is 0 Å². The summed E-state index contributed by atoms with van der Waals surface area (Å²) < 4.78 is 6.50. The van der Waals surface area contributed by atoms with Gasteiger partial charge in [-0.1, -0.05) is 12.1 Å². The Morgan fingerprint density at radius 3 is 2.83 bits per heavy atom. The maximum absolute atomic E-state index is 11.9. The van der Waals surface area contributed by atoms with E-state index >= 15 is 0 Å². The highest BCUT2D eigenvalue weighted by molar-refractivity contribution is 14.1. The molecule has 1 aliphatic rings. The van der Waals surface area contributed by atoms with Gasteiger partial charge in [0.25, 0.3) is 0 Å². The van der Waals surface area contributed by atoms with Crippen LogP contribution in [-0.4, -0.2) is 37.2 Å². The number of carbonyl (C=O) groups is 1. The molecule has 1 saturated heterocycles. The number of ether oxygens (including phenoxy) is 1. The van der Waals surface area contributed by atoms with Gasteiger partial charge in [0.15, 0.2) is 0 Å². The van der Waals surface area contributed by atoms with Crippen LogP contribution in [0.4, 0.5) is 4.79 Å². The molecule has 18 heavy (non-hydrogen) atoms. The van der Waals surface area contributed by atoms with Crippen molar-refractivity contribution in [2.75, 3.05) is 26.2 Å². The number of hydrogen-bond acceptors (Lipinski definition) is 3.